The molecule has 10 nitrogen and oxygen atoms in total. The van der Waals surface area contributed by atoms with Gasteiger partial charge in [-0.05, 0) is 37.1 Å². The van der Waals surface area contributed by atoms with Gasteiger partial charge in [-0.25, -0.2) is 19.6 Å². The molecule has 0 atom stereocenters. The molecule has 11 heteroatoms. The van der Waals surface area contributed by atoms with Gasteiger partial charge in [0, 0.05) is 12.4 Å². The molecule has 0 radical (unpaired) electrons. The second-order valence-corrected chi connectivity index (χ2v) is 8.36. The highest BCUT2D eigenvalue weighted by atomic mass is 35.5. The van der Waals surface area contributed by atoms with E-state index in [1.165, 1.54) is 26.6 Å². The van der Waals surface area contributed by atoms with Gasteiger partial charge in [-0.2, -0.15) is 0 Å². The van der Waals surface area contributed by atoms with Crippen molar-refractivity contribution in [1.29, 1.82) is 5.41 Å². The molecule has 0 unspecified atom stereocenters. The highest BCUT2D eigenvalue weighted by Gasteiger charge is 2.18. The van der Waals surface area contributed by atoms with Crippen molar-refractivity contribution >= 4 is 35.1 Å². The summed E-state index contributed by atoms with van der Waals surface area (Å²) in [5, 5.41) is 8.06. The van der Waals surface area contributed by atoms with Crippen LogP contribution in [0.1, 0.15) is 45.7 Å². The van der Waals surface area contributed by atoms with Gasteiger partial charge in [0.15, 0.2) is 0 Å². The van der Waals surface area contributed by atoms with Gasteiger partial charge < -0.3 is 24.7 Å². The van der Waals surface area contributed by atoms with Crippen molar-refractivity contribution in [2.24, 2.45) is 0 Å². The summed E-state index contributed by atoms with van der Waals surface area (Å²) in [4.78, 5) is 30.4. The van der Waals surface area contributed by atoms with E-state index in [9.17, 15) is 9.59 Å². The predicted octanol–water partition coefficient (Wildman–Crippen LogP) is 5.87. The lowest BCUT2D eigenvalue weighted by atomic mass is 10.0. The van der Waals surface area contributed by atoms with Crippen LogP contribution in [-0.4, -0.2) is 55.1 Å². The molecule has 0 aliphatic heterocycles. The minimum absolute atomic E-state index is 0.0859. The maximum Gasteiger partial charge on any atom is 0.345 e. The molecular weight excluding hydrogens is 560 g/mol. The van der Waals surface area contributed by atoms with Crippen molar-refractivity contribution in [3.05, 3.63) is 113 Å². The molecule has 42 heavy (non-hydrogen) atoms. The number of carbonyl (C=O) groups excluding carboxylic acids is 2. The van der Waals surface area contributed by atoms with Gasteiger partial charge in [-0.3, -0.25) is 5.41 Å². The molecule has 3 N–H and O–H groups in total. The number of hydrogen-bond donors (Lipinski definition) is 2. The zero-order chi connectivity index (χ0) is 30.9. The van der Waals surface area contributed by atoms with Crippen LogP contribution in [0.5, 0.6) is 11.5 Å². The van der Waals surface area contributed by atoms with E-state index < -0.39 is 11.9 Å². The molecule has 0 amide bonds. The predicted molar refractivity (Wildman–Crippen MR) is 162 cm³/mol. The van der Waals surface area contributed by atoms with Gasteiger partial charge in [0.2, 0.25) is 0 Å². The summed E-state index contributed by atoms with van der Waals surface area (Å²) in [6, 6.07) is 22.7. The number of anilines is 1. The summed E-state index contributed by atoms with van der Waals surface area (Å²) in [5.41, 5.74) is 8.37. The number of esters is 2. The molecule has 0 saturated carbocycles. The Bertz CT molecular complexity index is 1340. The van der Waals surface area contributed by atoms with Gasteiger partial charge in [0.25, 0.3) is 0 Å². The fraction of sp³-hybridized carbons (Fsp3) is 0.194. The topological polar surface area (TPSA) is 147 Å². The number of nitrogen functional groups attached to an aromatic ring is 1. The number of aromatic nitrogens is 2. The van der Waals surface area contributed by atoms with Crippen molar-refractivity contribution < 1.29 is 28.5 Å². The fourth-order valence-corrected chi connectivity index (χ4v) is 3.62. The minimum Gasteiger partial charge on any atom is -0.496 e. The van der Waals surface area contributed by atoms with Crippen molar-refractivity contribution in [2.75, 3.05) is 33.2 Å². The summed E-state index contributed by atoms with van der Waals surface area (Å²) in [7, 11) is 2.91. The average molecular weight is 593 g/mol. The zero-order valence-electron chi connectivity index (χ0n) is 23.8. The molecule has 0 fully saturated rings. The van der Waals surface area contributed by atoms with Gasteiger partial charge in [-0.15, -0.1) is 0 Å². The van der Waals surface area contributed by atoms with Crippen molar-refractivity contribution in [3.8, 4) is 11.5 Å². The van der Waals surface area contributed by atoms with E-state index in [-0.39, 0.29) is 35.3 Å². The van der Waals surface area contributed by atoms with E-state index in [1.807, 2.05) is 60.7 Å². The van der Waals surface area contributed by atoms with E-state index in [0.717, 1.165) is 11.1 Å². The van der Waals surface area contributed by atoms with Crippen LogP contribution in [0.15, 0.2) is 85.2 Å². The molecule has 220 valence electrons. The van der Waals surface area contributed by atoms with Crippen LogP contribution < -0.4 is 15.2 Å². The number of hydrogen-bond acceptors (Lipinski definition) is 10. The van der Waals surface area contributed by atoms with Gasteiger partial charge in [0.1, 0.15) is 33.6 Å². The fourth-order valence-electron chi connectivity index (χ4n) is 3.39. The monoisotopic (exact) mass is 592 g/mol. The zero-order valence-corrected chi connectivity index (χ0v) is 24.6. The molecule has 0 aliphatic carbocycles. The van der Waals surface area contributed by atoms with Crippen molar-refractivity contribution in [2.45, 2.75) is 13.8 Å². The lowest BCUT2D eigenvalue weighted by Gasteiger charge is -2.08. The van der Waals surface area contributed by atoms with Crippen LogP contribution in [-0.2, 0) is 9.47 Å². The highest BCUT2D eigenvalue weighted by Crippen LogP contribution is 2.25. The Hall–Kier alpha value is -4.96. The van der Waals surface area contributed by atoms with E-state index in [0.29, 0.717) is 17.2 Å². The van der Waals surface area contributed by atoms with Crippen LogP contribution >= 0.6 is 11.6 Å². The third kappa shape index (κ3) is 9.60. The van der Waals surface area contributed by atoms with Gasteiger partial charge in [0.05, 0.1) is 33.1 Å². The Kier molecular flexibility index (Phi) is 14.0. The molecular formula is C31H33ClN4O6. The Morgan fingerprint density at radius 3 is 1.62 bits per heavy atom. The molecule has 4 aromatic rings. The molecule has 2 aromatic heterocycles. The summed E-state index contributed by atoms with van der Waals surface area (Å²) in [6.07, 6.45) is 2.93. The minimum atomic E-state index is -0.526. The Balaban J connectivity index is 0.000000220. The maximum atomic E-state index is 11.4. The number of nitrogens with two attached hydrogens (primary N) is 1. The lowest BCUT2D eigenvalue weighted by molar-refractivity contribution is 0.0513. The first-order chi connectivity index (χ1) is 20.3. The second-order valence-electron chi connectivity index (χ2n) is 8.00. The van der Waals surface area contributed by atoms with E-state index in [2.05, 4.69) is 9.97 Å². The largest absolute Gasteiger partial charge is 0.496 e. The molecule has 0 aliphatic rings. The summed E-state index contributed by atoms with van der Waals surface area (Å²) >= 11 is 5.75. The highest BCUT2D eigenvalue weighted by molar-refractivity contribution is 6.32. The van der Waals surface area contributed by atoms with E-state index in [4.69, 9.17) is 41.7 Å². The number of carbonyl (C=O) groups is 2. The number of ether oxygens (including phenoxy) is 4. The number of pyridine rings is 2. The van der Waals surface area contributed by atoms with Crippen LogP contribution in [0, 0.1) is 5.41 Å². The van der Waals surface area contributed by atoms with Crippen molar-refractivity contribution in [3.63, 3.8) is 0 Å². The molecule has 0 saturated heterocycles. The number of benzene rings is 2. The average Bonchev–Trinajstić information content (AvgIpc) is 3.02. The van der Waals surface area contributed by atoms with E-state index in [1.54, 1.807) is 26.0 Å². The van der Waals surface area contributed by atoms with Gasteiger partial charge >= 0.3 is 11.9 Å². The smallest absolute Gasteiger partial charge is 0.345 e. The normalized spacial score (nSPS) is 9.64. The standard InChI is InChI=1S/C13H11N.C9H10ClNO3.C9H12N2O3/c14-13(11-7-3-1-4-8-11)12-9-5-2-6-10-12;2*1-3-14-9(12)7-6(13-2)4-5-11-8(7)10/h1-10,14H;4-5H,3H2,1-2H3;4-5H,3H2,1-2H3,(H2,10,11). The molecule has 2 heterocycles. The number of methoxy groups -OCH3 is 2. The molecule has 0 bridgehead atoms. The van der Waals surface area contributed by atoms with Gasteiger partial charge in [-0.1, -0.05) is 72.3 Å². The van der Waals surface area contributed by atoms with E-state index >= 15 is 0 Å². The summed E-state index contributed by atoms with van der Waals surface area (Å²) in [6.45, 7) is 4.01. The first-order valence-corrected chi connectivity index (χ1v) is 13.2. The van der Waals surface area contributed by atoms with Crippen molar-refractivity contribution in [1.82, 2.24) is 9.97 Å². The Labute approximate surface area is 249 Å². The summed E-state index contributed by atoms with van der Waals surface area (Å²) in [5.74, 6) is -0.195. The third-order valence-electron chi connectivity index (χ3n) is 5.33. The van der Waals surface area contributed by atoms with Crippen LogP contribution in [0.2, 0.25) is 5.15 Å². The Morgan fingerprint density at radius 2 is 1.17 bits per heavy atom. The molecule has 2 aromatic carbocycles. The number of halogens is 1. The number of nitrogens with one attached hydrogen (secondary N) is 1. The molecule has 0 spiro atoms. The second kappa shape index (κ2) is 17.7. The van der Waals surface area contributed by atoms with Crippen LogP contribution in [0.3, 0.4) is 0 Å². The Morgan fingerprint density at radius 1 is 0.738 bits per heavy atom. The number of rotatable bonds is 8. The van der Waals surface area contributed by atoms with Crippen LogP contribution in [0.25, 0.3) is 0 Å². The van der Waals surface area contributed by atoms with Crippen LogP contribution in [0.4, 0.5) is 5.82 Å². The molecule has 4 rings (SSSR count). The quantitative estimate of drug-likeness (QED) is 0.145. The SMILES string of the molecule is CCOC(=O)c1c(OC)ccnc1Cl.CCOC(=O)c1c(OC)ccnc1N.N=C(c1ccccc1)c1ccccc1. The lowest BCUT2D eigenvalue weighted by Crippen LogP contribution is -2.11. The first-order valence-electron chi connectivity index (χ1n) is 12.8. The number of nitrogens with zero attached hydrogens (tertiary/aromatic N) is 2. The summed E-state index contributed by atoms with van der Waals surface area (Å²) < 4.78 is 19.6. The first kappa shape index (κ1) is 33.2. The third-order valence-corrected chi connectivity index (χ3v) is 5.62. The maximum absolute atomic E-state index is 11.4.